The van der Waals surface area contributed by atoms with E-state index in [0.29, 0.717) is 42.4 Å². The van der Waals surface area contributed by atoms with E-state index in [4.69, 9.17) is 0 Å². The summed E-state index contributed by atoms with van der Waals surface area (Å²) < 4.78 is 0.688. The van der Waals surface area contributed by atoms with Crippen molar-refractivity contribution in [1.29, 1.82) is 0 Å². The van der Waals surface area contributed by atoms with Crippen molar-refractivity contribution < 1.29 is 9.72 Å². The van der Waals surface area contributed by atoms with Crippen molar-refractivity contribution in [3.8, 4) is 0 Å². The molecule has 0 bridgehead atoms. The first-order chi connectivity index (χ1) is 12.0. The second kappa shape index (κ2) is 8.03. The Labute approximate surface area is 155 Å². The van der Waals surface area contributed by atoms with Crippen LogP contribution >= 0.6 is 15.9 Å². The number of piperazine rings is 1. The van der Waals surface area contributed by atoms with Crippen LogP contribution in [0, 0.1) is 10.1 Å². The first-order valence-corrected chi connectivity index (χ1v) is 9.58. The number of nitro benzene ring substituents is 1. The normalized spacial score (nSPS) is 18.9. The highest BCUT2D eigenvalue weighted by Crippen LogP contribution is 2.31. The predicted octanol–water partition coefficient (Wildman–Crippen LogP) is 3.52. The van der Waals surface area contributed by atoms with Gasteiger partial charge in [-0.2, -0.15) is 0 Å². The number of benzene rings is 1. The molecule has 1 aliphatic heterocycles. The Morgan fingerprint density at radius 1 is 1.16 bits per heavy atom. The van der Waals surface area contributed by atoms with E-state index < -0.39 is 0 Å². The molecule has 1 saturated heterocycles. The van der Waals surface area contributed by atoms with Crippen LogP contribution in [0.4, 0.5) is 16.2 Å². The maximum Gasteiger partial charge on any atom is 0.317 e. The Morgan fingerprint density at radius 2 is 1.84 bits per heavy atom. The average molecular weight is 411 g/mol. The van der Waals surface area contributed by atoms with Crippen LogP contribution in [0.15, 0.2) is 22.7 Å². The summed E-state index contributed by atoms with van der Waals surface area (Å²) in [7, 11) is 0. The molecule has 1 heterocycles. The van der Waals surface area contributed by atoms with Gasteiger partial charge in [0, 0.05) is 42.8 Å². The molecule has 2 amide bonds. The Morgan fingerprint density at radius 3 is 2.48 bits per heavy atom. The van der Waals surface area contributed by atoms with Crippen LogP contribution in [0.1, 0.15) is 32.1 Å². The molecule has 136 valence electrons. The maximum atomic E-state index is 12.4. The molecule has 0 radical (unpaired) electrons. The number of hydrogen-bond acceptors (Lipinski definition) is 4. The monoisotopic (exact) mass is 410 g/mol. The van der Waals surface area contributed by atoms with Gasteiger partial charge >= 0.3 is 6.03 Å². The summed E-state index contributed by atoms with van der Waals surface area (Å²) in [6.45, 7) is 2.35. The molecule has 1 aromatic rings. The van der Waals surface area contributed by atoms with Crippen LogP contribution in [0.3, 0.4) is 0 Å². The summed E-state index contributed by atoms with van der Waals surface area (Å²) in [6, 6.07) is 5.39. The van der Waals surface area contributed by atoms with E-state index in [9.17, 15) is 14.9 Å². The second-order valence-electron chi connectivity index (χ2n) is 6.65. The van der Waals surface area contributed by atoms with E-state index in [-0.39, 0.29) is 16.6 Å². The molecule has 0 spiro atoms. The number of urea groups is 1. The van der Waals surface area contributed by atoms with Crippen LogP contribution in [0.5, 0.6) is 0 Å². The van der Waals surface area contributed by atoms with E-state index in [1.54, 1.807) is 6.07 Å². The molecule has 3 rings (SSSR count). The largest absolute Gasteiger partial charge is 0.362 e. The lowest BCUT2D eigenvalue weighted by atomic mass is 9.96. The van der Waals surface area contributed by atoms with E-state index in [1.165, 1.54) is 25.3 Å². The van der Waals surface area contributed by atoms with Gasteiger partial charge in [-0.15, -0.1) is 0 Å². The molecule has 1 aromatic carbocycles. The number of carbonyl (C=O) groups is 1. The van der Waals surface area contributed by atoms with Crippen molar-refractivity contribution in [2.24, 2.45) is 0 Å². The summed E-state index contributed by atoms with van der Waals surface area (Å²) >= 11 is 3.28. The highest BCUT2D eigenvalue weighted by molar-refractivity contribution is 9.10. The quantitative estimate of drug-likeness (QED) is 0.610. The first-order valence-electron chi connectivity index (χ1n) is 8.79. The van der Waals surface area contributed by atoms with E-state index in [1.807, 2.05) is 15.9 Å². The van der Waals surface area contributed by atoms with Crippen LogP contribution in [0.2, 0.25) is 0 Å². The molecular weight excluding hydrogens is 388 g/mol. The van der Waals surface area contributed by atoms with Gasteiger partial charge in [0.1, 0.15) is 5.69 Å². The maximum absolute atomic E-state index is 12.4. The van der Waals surface area contributed by atoms with Gasteiger partial charge < -0.3 is 15.1 Å². The van der Waals surface area contributed by atoms with Crippen LogP contribution in [-0.2, 0) is 0 Å². The van der Waals surface area contributed by atoms with Crippen molar-refractivity contribution in [1.82, 2.24) is 10.2 Å². The van der Waals surface area contributed by atoms with Gasteiger partial charge in [-0.1, -0.05) is 35.2 Å². The fourth-order valence-electron chi connectivity index (χ4n) is 3.57. The number of nitrogens with zero attached hydrogens (tertiary/aromatic N) is 3. The minimum atomic E-state index is -0.359. The number of halogens is 1. The number of anilines is 1. The molecule has 0 aromatic heterocycles. The first kappa shape index (κ1) is 18.0. The number of amides is 2. The standard InChI is InChI=1S/C17H23BrN4O3/c18-13-6-7-15(16(12-13)22(24)25)20-8-10-21(11-9-20)17(23)19-14-4-2-1-3-5-14/h6-7,12,14H,1-5,8-11H2,(H,19,23). The van der Waals surface area contributed by atoms with Crippen molar-refractivity contribution in [2.45, 2.75) is 38.1 Å². The molecule has 1 N–H and O–H groups in total. The lowest BCUT2D eigenvalue weighted by Gasteiger charge is -2.36. The highest BCUT2D eigenvalue weighted by atomic mass is 79.9. The Bertz CT molecular complexity index is 641. The van der Waals surface area contributed by atoms with Crippen LogP contribution in [0.25, 0.3) is 0 Å². The third kappa shape index (κ3) is 4.42. The smallest absolute Gasteiger partial charge is 0.317 e. The summed E-state index contributed by atoms with van der Waals surface area (Å²) in [4.78, 5) is 27.1. The number of nitro groups is 1. The summed E-state index contributed by atoms with van der Waals surface area (Å²) in [6.07, 6.45) is 5.77. The molecule has 8 heteroatoms. The van der Waals surface area contributed by atoms with Gasteiger partial charge in [-0.3, -0.25) is 10.1 Å². The Hall–Kier alpha value is -1.83. The average Bonchev–Trinajstić information content (AvgIpc) is 2.62. The summed E-state index contributed by atoms with van der Waals surface area (Å²) in [5, 5.41) is 14.4. The topological polar surface area (TPSA) is 78.7 Å². The summed E-state index contributed by atoms with van der Waals surface area (Å²) in [5.41, 5.74) is 0.704. The van der Waals surface area contributed by atoms with Crippen molar-refractivity contribution in [3.05, 3.63) is 32.8 Å². The molecule has 2 fully saturated rings. The molecule has 1 saturated carbocycles. The molecular formula is C17H23BrN4O3. The van der Waals surface area contributed by atoms with Gasteiger partial charge in [-0.05, 0) is 25.0 Å². The van der Waals surface area contributed by atoms with E-state index >= 15 is 0 Å². The number of nitrogens with one attached hydrogen (secondary N) is 1. The third-order valence-electron chi connectivity index (χ3n) is 4.97. The van der Waals surface area contributed by atoms with Gasteiger partial charge in [-0.25, -0.2) is 4.79 Å². The molecule has 7 nitrogen and oxygen atoms in total. The zero-order valence-corrected chi connectivity index (χ0v) is 15.7. The van der Waals surface area contributed by atoms with E-state index in [0.717, 1.165) is 12.8 Å². The third-order valence-corrected chi connectivity index (χ3v) is 5.47. The zero-order valence-electron chi connectivity index (χ0n) is 14.1. The molecule has 0 atom stereocenters. The minimum absolute atomic E-state index is 0.00291. The molecule has 2 aliphatic rings. The van der Waals surface area contributed by atoms with Crippen molar-refractivity contribution in [3.63, 3.8) is 0 Å². The lowest BCUT2D eigenvalue weighted by molar-refractivity contribution is -0.384. The SMILES string of the molecule is O=C(NC1CCCCC1)N1CCN(c2ccc(Br)cc2[N+](=O)[O-])CC1. The van der Waals surface area contributed by atoms with Crippen molar-refractivity contribution >= 4 is 33.3 Å². The Balaban J connectivity index is 1.58. The van der Waals surface area contributed by atoms with Crippen molar-refractivity contribution in [2.75, 3.05) is 31.1 Å². The fourth-order valence-corrected chi connectivity index (χ4v) is 3.92. The van der Waals surface area contributed by atoms with Crippen LogP contribution in [-0.4, -0.2) is 48.1 Å². The van der Waals surface area contributed by atoms with Crippen LogP contribution < -0.4 is 10.2 Å². The Kier molecular flexibility index (Phi) is 5.78. The van der Waals surface area contributed by atoms with Gasteiger partial charge in [0.2, 0.25) is 0 Å². The second-order valence-corrected chi connectivity index (χ2v) is 7.56. The lowest BCUT2D eigenvalue weighted by Crippen LogP contribution is -2.53. The predicted molar refractivity (Wildman–Crippen MR) is 100.0 cm³/mol. The van der Waals surface area contributed by atoms with Gasteiger partial charge in [0.25, 0.3) is 5.69 Å². The molecule has 0 unspecified atom stereocenters. The zero-order chi connectivity index (χ0) is 17.8. The number of hydrogen-bond donors (Lipinski definition) is 1. The van der Waals surface area contributed by atoms with Gasteiger partial charge in [0.15, 0.2) is 0 Å². The fraction of sp³-hybridized carbons (Fsp3) is 0.588. The molecule has 1 aliphatic carbocycles. The minimum Gasteiger partial charge on any atom is -0.362 e. The van der Waals surface area contributed by atoms with Gasteiger partial charge in [0.05, 0.1) is 4.92 Å². The molecule has 25 heavy (non-hydrogen) atoms. The number of carbonyl (C=O) groups excluding carboxylic acids is 1. The van der Waals surface area contributed by atoms with E-state index in [2.05, 4.69) is 21.2 Å². The number of rotatable bonds is 3. The summed E-state index contributed by atoms with van der Waals surface area (Å²) in [5.74, 6) is 0. The highest BCUT2D eigenvalue weighted by Gasteiger charge is 2.27.